The molecule has 5 rings (SSSR count). The number of methoxy groups -OCH3 is 2. The third kappa shape index (κ3) is 4.11. The number of hydrogen-bond acceptors (Lipinski definition) is 6. The van der Waals surface area contributed by atoms with Crippen molar-refractivity contribution >= 4 is 23.5 Å². The Hall–Kier alpha value is -3.48. The van der Waals surface area contributed by atoms with Crippen LogP contribution in [0.1, 0.15) is 32.6 Å². The smallest absolute Gasteiger partial charge is 0.231 e. The maximum absolute atomic E-state index is 13.1. The lowest BCUT2D eigenvalue weighted by Gasteiger charge is -2.30. The number of benzene rings is 3. The number of fused-ring (bicyclic) bond motifs is 2. The number of ketones is 1. The van der Waals surface area contributed by atoms with Gasteiger partial charge in [0.1, 0.15) is 18.2 Å². The molecular weight excluding hydrogens is 454 g/mol. The summed E-state index contributed by atoms with van der Waals surface area (Å²) in [7, 11) is 3.24. The molecule has 0 radical (unpaired) electrons. The van der Waals surface area contributed by atoms with Gasteiger partial charge in [0.25, 0.3) is 0 Å². The number of allylic oxidation sites excluding steroid dienone is 1. The number of halogens is 1. The fourth-order valence-electron chi connectivity index (χ4n) is 4.35. The highest BCUT2D eigenvalue weighted by molar-refractivity contribution is 6.30. The van der Waals surface area contributed by atoms with Gasteiger partial charge in [0.15, 0.2) is 17.3 Å². The minimum atomic E-state index is -0.132. The quantitative estimate of drug-likeness (QED) is 0.444. The van der Waals surface area contributed by atoms with Crippen molar-refractivity contribution in [3.8, 4) is 23.0 Å². The summed E-state index contributed by atoms with van der Waals surface area (Å²) in [6.07, 6.45) is 1.74. The molecule has 0 spiro atoms. The van der Waals surface area contributed by atoms with Crippen LogP contribution in [-0.4, -0.2) is 31.6 Å². The molecule has 0 saturated heterocycles. The lowest BCUT2D eigenvalue weighted by atomic mass is 10.00. The summed E-state index contributed by atoms with van der Waals surface area (Å²) in [6, 6.07) is 15.0. The first-order valence-corrected chi connectivity index (χ1v) is 11.3. The third-order valence-electron chi connectivity index (χ3n) is 6.02. The molecule has 0 atom stereocenters. The molecule has 2 aliphatic heterocycles. The van der Waals surface area contributed by atoms with Gasteiger partial charge in [-0.2, -0.15) is 0 Å². The van der Waals surface area contributed by atoms with Crippen molar-refractivity contribution in [1.29, 1.82) is 0 Å². The number of carbonyl (C=O) groups is 1. The topological polar surface area (TPSA) is 57.2 Å². The van der Waals surface area contributed by atoms with Crippen molar-refractivity contribution in [3.05, 3.63) is 87.1 Å². The Morgan fingerprint density at radius 2 is 1.79 bits per heavy atom. The Morgan fingerprint density at radius 3 is 2.53 bits per heavy atom. The van der Waals surface area contributed by atoms with Crippen LogP contribution >= 0.6 is 11.6 Å². The molecule has 3 aromatic carbocycles. The summed E-state index contributed by atoms with van der Waals surface area (Å²) in [5, 5.41) is 0.641. The number of Topliss-reactive ketones (excluding diaryl/α,β-unsaturated/α-hetero) is 1. The molecule has 34 heavy (non-hydrogen) atoms. The standard InChI is InChI=1S/C27H24ClNO5/c1-16-26-19(14-29(15-33-26)13-18-6-9-22(31-2)23(11-18)32-3)12-21-25(30)24(34-27(16)21)10-17-4-7-20(28)8-5-17/h4-12H,13-15H2,1-3H3/b24-10-. The predicted octanol–water partition coefficient (Wildman–Crippen LogP) is 5.63. The zero-order valence-corrected chi connectivity index (χ0v) is 19.9. The first-order chi connectivity index (χ1) is 16.5. The van der Waals surface area contributed by atoms with Crippen LogP contribution in [0.3, 0.4) is 0 Å². The zero-order valence-electron chi connectivity index (χ0n) is 19.2. The monoisotopic (exact) mass is 477 g/mol. The van der Waals surface area contributed by atoms with Crippen molar-refractivity contribution < 1.29 is 23.7 Å². The van der Waals surface area contributed by atoms with Crippen LogP contribution < -0.4 is 18.9 Å². The van der Waals surface area contributed by atoms with Crippen LogP contribution in [0, 0.1) is 6.92 Å². The van der Waals surface area contributed by atoms with Crippen LogP contribution in [0.4, 0.5) is 0 Å². The van der Waals surface area contributed by atoms with Crippen LogP contribution in [0.2, 0.25) is 5.02 Å². The lowest BCUT2D eigenvalue weighted by Crippen LogP contribution is -2.32. The first-order valence-electron chi connectivity index (χ1n) is 10.9. The minimum absolute atomic E-state index is 0.132. The zero-order chi connectivity index (χ0) is 23.8. The van der Waals surface area contributed by atoms with Gasteiger partial charge in [-0.3, -0.25) is 9.69 Å². The summed E-state index contributed by atoms with van der Waals surface area (Å²) in [5.41, 5.74) is 4.29. The molecule has 0 bridgehead atoms. The molecule has 2 heterocycles. The van der Waals surface area contributed by atoms with Crippen molar-refractivity contribution in [1.82, 2.24) is 4.90 Å². The maximum atomic E-state index is 13.1. The van der Waals surface area contributed by atoms with Crippen molar-refractivity contribution in [2.24, 2.45) is 0 Å². The molecule has 0 fully saturated rings. The second-order valence-corrected chi connectivity index (χ2v) is 8.74. The molecule has 0 aliphatic carbocycles. The molecule has 3 aromatic rings. The SMILES string of the molecule is COc1ccc(CN2COc3c(cc4c(c3C)O/C(=C\c3ccc(Cl)cc3)C4=O)C2)cc1OC. The Bertz CT molecular complexity index is 1300. The van der Waals surface area contributed by atoms with Crippen LogP contribution in [-0.2, 0) is 13.1 Å². The van der Waals surface area contributed by atoms with Gasteiger partial charge >= 0.3 is 0 Å². The summed E-state index contributed by atoms with van der Waals surface area (Å²) in [4.78, 5) is 15.3. The van der Waals surface area contributed by atoms with Gasteiger partial charge in [-0.25, -0.2) is 0 Å². The predicted molar refractivity (Wildman–Crippen MR) is 130 cm³/mol. The number of rotatable bonds is 5. The van der Waals surface area contributed by atoms with E-state index >= 15 is 0 Å². The third-order valence-corrected chi connectivity index (χ3v) is 6.28. The van der Waals surface area contributed by atoms with Crippen molar-refractivity contribution in [3.63, 3.8) is 0 Å². The van der Waals surface area contributed by atoms with E-state index in [1.165, 1.54) is 0 Å². The van der Waals surface area contributed by atoms with Gasteiger partial charge in [-0.1, -0.05) is 29.8 Å². The van der Waals surface area contributed by atoms with E-state index in [1.54, 1.807) is 32.4 Å². The number of nitrogens with zero attached hydrogens (tertiary/aromatic N) is 1. The molecule has 0 aromatic heterocycles. The fraction of sp³-hybridized carbons (Fsp3) is 0.222. The molecule has 6 nitrogen and oxygen atoms in total. The lowest BCUT2D eigenvalue weighted by molar-refractivity contribution is 0.0876. The summed E-state index contributed by atoms with van der Waals surface area (Å²) >= 11 is 5.97. The second-order valence-electron chi connectivity index (χ2n) is 8.31. The van der Waals surface area contributed by atoms with E-state index < -0.39 is 0 Å². The van der Waals surface area contributed by atoms with Crippen LogP contribution in [0.25, 0.3) is 6.08 Å². The van der Waals surface area contributed by atoms with Crippen LogP contribution in [0.15, 0.2) is 54.3 Å². The fourth-order valence-corrected chi connectivity index (χ4v) is 4.47. The van der Waals surface area contributed by atoms with Gasteiger partial charge in [0.2, 0.25) is 5.78 Å². The Kier molecular flexibility index (Phi) is 5.94. The Labute approximate surface area is 203 Å². The molecule has 2 aliphatic rings. The number of ether oxygens (including phenoxy) is 4. The molecule has 0 saturated carbocycles. The van der Waals surface area contributed by atoms with E-state index in [4.69, 9.17) is 30.5 Å². The van der Waals surface area contributed by atoms with E-state index in [0.717, 1.165) is 28.0 Å². The average Bonchev–Trinajstić information content (AvgIpc) is 3.16. The van der Waals surface area contributed by atoms with Gasteiger partial charge in [0, 0.05) is 29.2 Å². The van der Waals surface area contributed by atoms with E-state index in [0.29, 0.717) is 53.4 Å². The Balaban J connectivity index is 1.38. The van der Waals surface area contributed by atoms with Gasteiger partial charge in [0.05, 0.1) is 19.8 Å². The molecule has 0 unspecified atom stereocenters. The Morgan fingerprint density at radius 1 is 1.03 bits per heavy atom. The first kappa shape index (κ1) is 22.3. The number of hydrogen-bond donors (Lipinski definition) is 0. The molecule has 0 N–H and O–H groups in total. The van der Waals surface area contributed by atoms with E-state index in [1.807, 2.05) is 43.3 Å². The second kappa shape index (κ2) is 9.05. The molecule has 174 valence electrons. The van der Waals surface area contributed by atoms with Gasteiger partial charge < -0.3 is 18.9 Å². The van der Waals surface area contributed by atoms with Gasteiger partial charge in [-0.05, 0) is 54.5 Å². The van der Waals surface area contributed by atoms with E-state index in [9.17, 15) is 4.79 Å². The highest BCUT2D eigenvalue weighted by Crippen LogP contribution is 2.43. The summed E-state index contributed by atoms with van der Waals surface area (Å²) in [6.45, 7) is 3.69. The van der Waals surface area contributed by atoms with Crippen molar-refractivity contribution in [2.75, 3.05) is 21.0 Å². The molecule has 0 amide bonds. The highest BCUT2D eigenvalue weighted by atomic mass is 35.5. The minimum Gasteiger partial charge on any atom is -0.493 e. The maximum Gasteiger partial charge on any atom is 0.231 e. The largest absolute Gasteiger partial charge is 0.493 e. The normalized spacial score (nSPS) is 16.0. The van der Waals surface area contributed by atoms with E-state index in [-0.39, 0.29) is 5.78 Å². The molecule has 7 heteroatoms. The van der Waals surface area contributed by atoms with Gasteiger partial charge in [-0.15, -0.1) is 0 Å². The summed E-state index contributed by atoms with van der Waals surface area (Å²) in [5.74, 6) is 2.89. The molecular formula is C27H24ClNO5. The average molecular weight is 478 g/mol. The van der Waals surface area contributed by atoms with Crippen LogP contribution in [0.5, 0.6) is 23.0 Å². The summed E-state index contributed by atoms with van der Waals surface area (Å²) < 4.78 is 22.8. The highest BCUT2D eigenvalue weighted by Gasteiger charge is 2.33. The van der Waals surface area contributed by atoms with E-state index in [2.05, 4.69) is 4.90 Å². The number of carbonyl (C=O) groups excluding carboxylic acids is 1. The van der Waals surface area contributed by atoms with Crippen molar-refractivity contribution in [2.45, 2.75) is 20.0 Å².